The maximum absolute atomic E-state index is 13.0. The standard InChI is InChI=1S/C22H26N2O/c1-5-9-18-21(22(25)15(2)3)20-16(4)10-8-12-19(20)24(18)14-17-11-6-7-13-23-17/h6-8,10-13,15H,5,9,14H2,1-4H3. The van der Waals surface area contributed by atoms with Crippen LogP contribution in [-0.4, -0.2) is 15.3 Å². The second kappa shape index (κ2) is 7.22. The van der Waals surface area contributed by atoms with Crippen molar-refractivity contribution in [2.24, 2.45) is 5.92 Å². The Balaban J connectivity index is 2.29. The number of pyridine rings is 1. The van der Waals surface area contributed by atoms with Crippen molar-refractivity contribution in [3.63, 3.8) is 0 Å². The van der Waals surface area contributed by atoms with E-state index in [4.69, 9.17) is 0 Å². The third kappa shape index (κ3) is 3.23. The number of rotatable bonds is 6. The van der Waals surface area contributed by atoms with Gasteiger partial charge in [0.05, 0.1) is 12.2 Å². The number of aromatic nitrogens is 2. The van der Waals surface area contributed by atoms with Crippen molar-refractivity contribution in [2.75, 3.05) is 0 Å². The highest BCUT2D eigenvalue weighted by Gasteiger charge is 2.24. The molecule has 0 amide bonds. The van der Waals surface area contributed by atoms with Gasteiger partial charge in [0.25, 0.3) is 0 Å². The molecule has 25 heavy (non-hydrogen) atoms. The van der Waals surface area contributed by atoms with Gasteiger partial charge in [-0.2, -0.15) is 0 Å². The minimum absolute atomic E-state index is 0.0101. The average molecular weight is 334 g/mol. The first-order valence-electron chi connectivity index (χ1n) is 9.09. The van der Waals surface area contributed by atoms with E-state index in [2.05, 4.69) is 41.6 Å². The number of carbonyl (C=O) groups is 1. The second-order valence-electron chi connectivity index (χ2n) is 6.97. The Morgan fingerprint density at radius 2 is 1.96 bits per heavy atom. The lowest BCUT2D eigenvalue weighted by Gasteiger charge is -2.12. The summed E-state index contributed by atoms with van der Waals surface area (Å²) in [6.07, 6.45) is 3.73. The lowest BCUT2D eigenvalue weighted by Crippen LogP contribution is -2.13. The summed E-state index contributed by atoms with van der Waals surface area (Å²) in [5.41, 5.74) is 5.38. The van der Waals surface area contributed by atoms with Gasteiger partial charge < -0.3 is 4.57 Å². The third-order valence-corrected chi connectivity index (χ3v) is 4.71. The molecule has 3 rings (SSSR count). The van der Waals surface area contributed by atoms with Crippen molar-refractivity contribution >= 4 is 16.7 Å². The monoisotopic (exact) mass is 334 g/mol. The molecule has 1 aromatic carbocycles. The molecule has 0 saturated carbocycles. The van der Waals surface area contributed by atoms with E-state index in [-0.39, 0.29) is 11.7 Å². The molecule has 0 saturated heterocycles. The molecule has 0 aliphatic carbocycles. The molecule has 0 radical (unpaired) electrons. The van der Waals surface area contributed by atoms with Crippen LogP contribution in [0.25, 0.3) is 10.9 Å². The zero-order valence-corrected chi connectivity index (χ0v) is 15.5. The molecule has 0 spiro atoms. The van der Waals surface area contributed by atoms with Crippen LogP contribution in [0.1, 0.15) is 54.5 Å². The first-order valence-corrected chi connectivity index (χ1v) is 9.09. The smallest absolute Gasteiger partial charge is 0.167 e. The highest BCUT2D eigenvalue weighted by Crippen LogP contribution is 2.32. The normalized spacial score (nSPS) is 11.4. The van der Waals surface area contributed by atoms with Crippen molar-refractivity contribution < 1.29 is 4.79 Å². The van der Waals surface area contributed by atoms with Gasteiger partial charge >= 0.3 is 0 Å². The van der Waals surface area contributed by atoms with Crippen molar-refractivity contribution in [3.8, 4) is 0 Å². The quantitative estimate of drug-likeness (QED) is 0.582. The summed E-state index contributed by atoms with van der Waals surface area (Å²) in [7, 11) is 0. The number of nitrogens with zero attached hydrogens (tertiary/aromatic N) is 2. The van der Waals surface area contributed by atoms with Crippen LogP contribution >= 0.6 is 0 Å². The summed E-state index contributed by atoms with van der Waals surface area (Å²) in [5, 5.41) is 1.11. The number of hydrogen-bond acceptors (Lipinski definition) is 2. The van der Waals surface area contributed by atoms with E-state index in [1.807, 2.05) is 38.2 Å². The number of ketones is 1. The molecule has 2 aromatic heterocycles. The van der Waals surface area contributed by atoms with E-state index in [9.17, 15) is 4.79 Å². The van der Waals surface area contributed by atoms with Crippen molar-refractivity contribution in [1.82, 2.24) is 9.55 Å². The fraction of sp³-hybridized carbons (Fsp3) is 0.364. The van der Waals surface area contributed by atoms with Crippen LogP contribution in [0.4, 0.5) is 0 Å². The summed E-state index contributed by atoms with van der Waals surface area (Å²) < 4.78 is 2.30. The summed E-state index contributed by atoms with van der Waals surface area (Å²) in [6, 6.07) is 12.3. The van der Waals surface area contributed by atoms with E-state index in [0.717, 1.165) is 40.7 Å². The predicted molar refractivity (Wildman–Crippen MR) is 103 cm³/mol. The fourth-order valence-electron chi connectivity index (χ4n) is 3.51. The molecule has 2 heterocycles. The Morgan fingerprint density at radius 3 is 2.60 bits per heavy atom. The van der Waals surface area contributed by atoms with Crippen LogP contribution in [0, 0.1) is 12.8 Å². The highest BCUT2D eigenvalue weighted by atomic mass is 16.1. The number of hydrogen-bond donors (Lipinski definition) is 0. The largest absolute Gasteiger partial charge is 0.338 e. The molecule has 0 aliphatic rings. The maximum atomic E-state index is 13.0. The van der Waals surface area contributed by atoms with Crippen LogP contribution in [-0.2, 0) is 13.0 Å². The second-order valence-corrected chi connectivity index (χ2v) is 6.97. The molecular weight excluding hydrogens is 308 g/mol. The topological polar surface area (TPSA) is 34.9 Å². The summed E-state index contributed by atoms with van der Waals surface area (Å²) in [4.78, 5) is 17.5. The maximum Gasteiger partial charge on any atom is 0.167 e. The van der Waals surface area contributed by atoms with Gasteiger partial charge in [0, 0.05) is 34.3 Å². The zero-order chi connectivity index (χ0) is 18.0. The molecule has 0 aliphatic heterocycles. The van der Waals surface area contributed by atoms with E-state index < -0.39 is 0 Å². The Hall–Kier alpha value is -2.42. The van der Waals surface area contributed by atoms with Crippen LogP contribution < -0.4 is 0 Å². The van der Waals surface area contributed by atoms with Gasteiger partial charge in [-0.25, -0.2) is 0 Å². The Labute approximate surface area is 149 Å². The summed E-state index contributed by atoms with van der Waals surface area (Å²) >= 11 is 0. The minimum atomic E-state index is -0.0101. The van der Waals surface area contributed by atoms with Crippen LogP contribution in [0.3, 0.4) is 0 Å². The van der Waals surface area contributed by atoms with E-state index in [1.54, 1.807) is 0 Å². The first-order chi connectivity index (χ1) is 12.0. The molecular formula is C22H26N2O. The number of Topliss-reactive ketones (excluding diaryl/α,β-unsaturated/α-hetero) is 1. The molecule has 0 N–H and O–H groups in total. The lowest BCUT2D eigenvalue weighted by atomic mass is 9.95. The van der Waals surface area contributed by atoms with Gasteiger partial charge in [-0.1, -0.05) is 45.4 Å². The molecule has 0 atom stereocenters. The number of fused-ring (bicyclic) bond motifs is 1. The summed E-state index contributed by atoms with van der Waals surface area (Å²) in [6.45, 7) is 8.93. The van der Waals surface area contributed by atoms with Gasteiger partial charge in [0.2, 0.25) is 0 Å². The fourth-order valence-corrected chi connectivity index (χ4v) is 3.51. The molecule has 3 nitrogen and oxygen atoms in total. The average Bonchev–Trinajstić information content (AvgIpc) is 2.90. The molecule has 0 bridgehead atoms. The number of aryl methyl sites for hydroxylation is 1. The summed E-state index contributed by atoms with van der Waals surface area (Å²) in [5.74, 6) is 0.228. The molecule has 3 aromatic rings. The van der Waals surface area contributed by atoms with E-state index >= 15 is 0 Å². The molecule has 3 heteroatoms. The predicted octanol–water partition coefficient (Wildman–Crippen LogP) is 5.18. The van der Waals surface area contributed by atoms with Crippen molar-refractivity contribution in [1.29, 1.82) is 0 Å². The Bertz CT molecular complexity index is 891. The van der Waals surface area contributed by atoms with Gasteiger partial charge in [0.1, 0.15) is 0 Å². The van der Waals surface area contributed by atoms with E-state index in [1.165, 1.54) is 5.56 Å². The van der Waals surface area contributed by atoms with Gasteiger partial charge in [-0.05, 0) is 37.1 Å². The SMILES string of the molecule is CCCc1c(C(=O)C(C)C)c2c(C)cccc2n1Cc1ccccn1. The van der Waals surface area contributed by atoms with E-state index in [0.29, 0.717) is 6.54 Å². The van der Waals surface area contributed by atoms with Crippen LogP contribution in [0.2, 0.25) is 0 Å². The number of carbonyl (C=O) groups excluding carboxylic acids is 1. The van der Waals surface area contributed by atoms with Gasteiger partial charge in [-0.15, -0.1) is 0 Å². The number of benzene rings is 1. The van der Waals surface area contributed by atoms with Crippen molar-refractivity contribution in [3.05, 3.63) is 65.1 Å². The third-order valence-electron chi connectivity index (χ3n) is 4.71. The van der Waals surface area contributed by atoms with Gasteiger partial charge in [-0.3, -0.25) is 9.78 Å². The first kappa shape index (κ1) is 17.4. The highest BCUT2D eigenvalue weighted by molar-refractivity contribution is 6.11. The minimum Gasteiger partial charge on any atom is -0.338 e. The molecule has 0 unspecified atom stereocenters. The molecule has 0 fully saturated rings. The van der Waals surface area contributed by atoms with Crippen molar-refractivity contribution in [2.45, 2.75) is 47.1 Å². The Morgan fingerprint density at radius 1 is 1.16 bits per heavy atom. The van der Waals surface area contributed by atoms with Gasteiger partial charge in [0.15, 0.2) is 5.78 Å². The Kier molecular flexibility index (Phi) is 5.03. The van der Waals surface area contributed by atoms with Crippen LogP contribution in [0.5, 0.6) is 0 Å². The molecule has 130 valence electrons. The van der Waals surface area contributed by atoms with Crippen LogP contribution in [0.15, 0.2) is 42.6 Å². The zero-order valence-electron chi connectivity index (χ0n) is 15.5. The lowest BCUT2D eigenvalue weighted by molar-refractivity contribution is 0.0939.